The van der Waals surface area contributed by atoms with Gasteiger partial charge in [-0.1, -0.05) is 23.4 Å². The van der Waals surface area contributed by atoms with Crippen LogP contribution in [0.2, 0.25) is 0 Å². The molecule has 8 nitrogen and oxygen atoms in total. The van der Waals surface area contributed by atoms with Gasteiger partial charge in [0.2, 0.25) is 5.91 Å². The maximum atomic E-state index is 12.0. The minimum atomic E-state index is -0.461. The van der Waals surface area contributed by atoms with Crippen LogP contribution in [0.1, 0.15) is 32.1 Å². The largest absolute Gasteiger partial charge is 0.337 e. The Morgan fingerprint density at radius 1 is 1.21 bits per heavy atom. The molecule has 1 aliphatic carbocycles. The standard InChI is InChI=1S/C19H24N6O2S/c1-25-17(15-8-10-20-11-9-15)23-24-19(25)28-13-16(26)22-18(27)21-12-7-14-5-3-2-4-6-14/h5,8-11H,2-4,6-7,12-13H2,1H3,(H2,21,22,26,27). The van der Waals surface area contributed by atoms with E-state index < -0.39 is 6.03 Å². The monoisotopic (exact) mass is 400 g/mol. The normalized spacial score (nSPS) is 13.7. The number of hydrogen-bond acceptors (Lipinski definition) is 6. The predicted molar refractivity (Wildman–Crippen MR) is 108 cm³/mol. The van der Waals surface area contributed by atoms with E-state index in [1.807, 2.05) is 23.7 Å². The van der Waals surface area contributed by atoms with E-state index in [4.69, 9.17) is 0 Å². The van der Waals surface area contributed by atoms with Crippen LogP contribution in [0.5, 0.6) is 0 Å². The molecular formula is C19H24N6O2S. The number of thioether (sulfide) groups is 1. The Kier molecular flexibility index (Phi) is 7.18. The van der Waals surface area contributed by atoms with Gasteiger partial charge in [-0.25, -0.2) is 4.79 Å². The van der Waals surface area contributed by atoms with E-state index in [0.29, 0.717) is 17.5 Å². The highest BCUT2D eigenvalue weighted by Crippen LogP contribution is 2.22. The molecule has 0 radical (unpaired) electrons. The van der Waals surface area contributed by atoms with Crippen LogP contribution in [-0.2, 0) is 11.8 Å². The second-order valence-corrected chi connectivity index (χ2v) is 7.49. The zero-order valence-corrected chi connectivity index (χ0v) is 16.7. The summed E-state index contributed by atoms with van der Waals surface area (Å²) in [6.45, 7) is 0.538. The number of carbonyl (C=O) groups excluding carboxylic acids is 2. The molecule has 2 aromatic rings. The van der Waals surface area contributed by atoms with Crippen molar-refractivity contribution in [1.82, 2.24) is 30.4 Å². The number of nitrogens with zero attached hydrogens (tertiary/aromatic N) is 4. The van der Waals surface area contributed by atoms with Crippen molar-refractivity contribution < 1.29 is 9.59 Å². The summed E-state index contributed by atoms with van der Waals surface area (Å²) in [4.78, 5) is 27.8. The Morgan fingerprint density at radius 2 is 2.04 bits per heavy atom. The van der Waals surface area contributed by atoms with Gasteiger partial charge in [-0.2, -0.15) is 0 Å². The molecule has 2 heterocycles. The Morgan fingerprint density at radius 3 is 2.79 bits per heavy atom. The summed E-state index contributed by atoms with van der Waals surface area (Å²) in [5, 5.41) is 14.0. The lowest BCUT2D eigenvalue weighted by Crippen LogP contribution is -2.40. The molecule has 0 spiro atoms. The third kappa shape index (κ3) is 5.66. The molecule has 3 amide bonds. The van der Waals surface area contributed by atoms with E-state index >= 15 is 0 Å². The first-order chi connectivity index (χ1) is 13.6. The SMILES string of the molecule is Cn1c(SCC(=O)NC(=O)NCCC2=CCCCC2)nnc1-c1ccncc1. The molecule has 0 atom stereocenters. The molecule has 9 heteroatoms. The second kappa shape index (κ2) is 10.0. The van der Waals surface area contributed by atoms with Crippen LogP contribution in [-0.4, -0.2) is 44.0 Å². The predicted octanol–water partition coefficient (Wildman–Crippen LogP) is 2.69. The number of pyridine rings is 1. The summed E-state index contributed by atoms with van der Waals surface area (Å²) >= 11 is 1.23. The molecule has 0 unspecified atom stereocenters. The number of allylic oxidation sites excluding steroid dienone is 1. The van der Waals surface area contributed by atoms with E-state index in [-0.39, 0.29) is 11.7 Å². The number of aromatic nitrogens is 4. The van der Waals surface area contributed by atoms with Crippen molar-refractivity contribution in [3.63, 3.8) is 0 Å². The van der Waals surface area contributed by atoms with Gasteiger partial charge in [0.25, 0.3) is 0 Å². The third-order valence-electron chi connectivity index (χ3n) is 4.48. The number of amides is 3. The van der Waals surface area contributed by atoms with Crippen molar-refractivity contribution >= 4 is 23.7 Å². The van der Waals surface area contributed by atoms with Crippen LogP contribution < -0.4 is 10.6 Å². The number of urea groups is 1. The zero-order chi connectivity index (χ0) is 19.8. The molecule has 2 N–H and O–H groups in total. The fraction of sp³-hybridized carbons (Fsp3) is 0.421. The molecule has 1 aliphatic rings. The molecule has 0 fully saturated rings. The molecular weight excluding hydrogens is 376 g/mol. The highest BCUT2D eigenvalue weighted by molar-refractivity contribution is 7.99. The molecule has 3 rings (SSSR count). The third-order valence-corrected chi connectivity index (χ3v) is 5.50. The molecule has 0 aromatic carbocycles. The number of rotatable bonds is 7. The fourth-order valence-corrected chi connectivity index (χ4v) is 3.71. The van der Waals surface area contributed by atoms with Crippen LogP contribution in [0.15, 0.2) is 41.3 Å². The van der Waals surface area contributed by atoms with Crippen molar-refractivity contribution in [1.29, 1.82) is 0 Å². The van der Waals surface area contributed by atoms with Crippen molar-refractivity contribution in [2.24, 2.45) is 7.05 Å². The van der Waals surface area contributed by atoms with E-state index in [2.05, 4.69) is 31.9 Å². The van der Waals surface area contributed by atoms with Crippen LogP contribution in [0.25, 0.3) is 11.4 Å². The quantitative estimate of drug-likeness (QED) is 0.547. The lowest BCUT2D eigenvalue weighted by atomic mass is 9.97. The van der Waals surface area contributed by atoms with Crippen molar-refractivity contribution in [3.05, 3.63) is 36.2 Å². The first-order valence-electron chi connectivity index (χ1n) is 9.31. The second-order valence-electron chi connectivity index (χ2n) is 6.55. The van der Waals surface area contributed by atoms with Gasteiger partial charge in [-0.15, -0.1) is 10.2 Å². The van der Waals surface area contributed by atoms with Crippen LogP contribution in [0.4, 0.5) is 4.79 Å². The fourth-order valence-electron chi connectivity index (χ4n) is 3.00. The minimum absolute atomic E-state index is 0.0842. The van der Waals surface area contributed by atoms with Gasteiger partial charge in [-0.3, -0.25) is 15.1 Å². The summed E-state index contributed by atoms with van der Waals surface area (Å²) in [6.07, 6.45) is 11.2. The lowest BCUT2D eigenvalue weighted by molar-refractivity contribution is -0.117. The molecule has 0 bridgehead atoms. The molecule has 0 saturated heterocycles. The molecule has 28 heavy (non-hydrogen) atoms. The van der Waals surface area contributed by atoms with Gasteiger partial charge in [0.1, 0.15) is 0 Å². The number of hydrogen-bond donors (Lipinski definition) is 2. The Bertz CT molecular complexity index is 849. The first kappa shape index (κ1) is 20.1. The topological polar surface area (TPSA) is 102 Å². The van der Waals surface area contributed by atoms with E-state index in [1.54, 1.807) is 12.4 Å². The van der Waals surface area contributed by atoms with Gasteiger partial charge in [0, 0.05) is 31.5 Å². The van der Waals surface area contributed by atoms with Crippen molar-refractivity contribution in [3.8, 4) is 11.4 Å². The van der Waals surface area contributed by atoms with Crippen molar-refractivity contribution in [2.75, 3.05) is 12.3 Å². The van der Waals surface area contributed by atoms with Crippen LogP contribution in [0.3, 0.4) is 0 Å². The van der Waals surface area contributed by atoms with E-state index in [9.17, 15) is 9.59 Å². The maximum Gasteiger partial charge on any atom is 0.321 e. The summed E-state index contributed by atoms with van der Waals surface area (Å²) in [7, 11) is 1.84. The van der Waals surface area contributed by atoms with Crippen LogP contribution in [0, 0.1) is 0 Å². The zero-order valence-electron chi connectivity index (χ0n) is 15.9. The lowest BCUT2D eigenvalue weighted by Gasteiger charge is -2.13. The average molecular weight is 401 g/mol. The Labute approximate surface area is 168 Å². The maximum absolute atomic E-state index is 12.0. The van der Waals surface area contributed by atoms with Crippen molar-refractivity contribution in [2.45, 2.75) is 37.3 Å². The van der Waals surface area contributed by atoms with Crippen LogP contribution >= 0.6 is 11.8 Å². The molecule has 0 saturated carbocycles. The Balaban J connectivity index is 1.41. The van der Waals surface area contributed by atoms with E-state index in [0.717, 1.165) is 24.8 Å². The number of imide groups is 1. The Hall–Kier alpha value is -2.68. The summed E-state index contributed by atoms with van der Waals surface area (Å²) in [5.41, 5.74) is 2.29. The van der Waals surface area contributed by atoms with Gasteiger partial charge in [-0.05, 0) is 44.2 Å². The molecule has 148 valence electrons. The van der Waals surface area contributed by atoms with Gasteiger partial charge < -0.3 is 9.88 Å². The van der Waals surface area contributed by atoms with Gasteiger partial charge in [0.05, 0.1) is 5.75 Å². The number of nitrogens with one attached hydrogen (secondary N) is 2. The number of carbonyl (C=O) groups is 2. The smallest absolute Gasteiger partial charge is 0.321 e. The molecule has 2 aromatic heterocycles. The summed E-state index contributed by atoms with van der Waals surface area (Å²) in [5.74, 6) is 0.411. The minimum Gasteiger partial charge on any atom is -0.337 e. The van der Waals surface area contributed by atoms with E-state index in [1.165, 1.54) is 30.2 Å². The average Bonchev–Trinajstić information content (AvgIpc) is 3.08. The van der Waals surface area contributed by atoms with Gasteiger partial charge in [0.15, 0.2) is 11.0 Å². The van der Waals surface area contributed by atoms with Gasteiger partial charge >= 0.3 is 6.03 Å². The summed E-state index contributed by atoms with van der Waals surface area (Å²) in [6, 6.07) is 3.23. The summed E-state index contributed by atoms with van der Waals surface area (Å²) < 4.78 is 1.81. The first-order valence-corrected chi connectivity index (χ1v) is 10.3. The highest BCUT2D eigenvalue weighted by atomic mass is 32.2. The molecule has 0 aliphatic heterocycles. The highest BCUT2D eigenvalue weighted by Gasteiger charge is 2.14.